The number of nitrogens with two attached hydrogens (primary N) is 1. The minimum atomic E-state index is -0.804. The summed E-state index contributed by atoms with van der Waals surface area (Å²) in [6, 6.07) is 0. The Bertz CT molecular complexity index is 157. The summed E-state index contributed by atoms with van der Waals surface area (Å²) in [6.07, 6.45) is 1.06. The van der Waals surface area contributed by atoms with Crippen LogP contribution in [0.15, 0.2) is 12.7 Å². The quantitative estimate of drug-likeness (QED) is 0.493. The Balaban J connectivity index is 0. The number of rotatable bonds is 4. The zero-order chi connectivity index (χ0) is 9.98. The van der Waals surface area contributed by atoms with Crippen LogP contribution >= 0.6 is 0 Å². The molecule has 0 radical (unpaired) electrons. The number of carboxylic acids is 1. The molecule has 0 rings (SSSR count). The van der Waals surface area contributed by atoms with Crippen LogP contribution in [0.3, 0.4) is 0 Å². The predicted molar refractivity (Wildman–Crippen MR) is 45.6 cm³/mol. The van der Waals surface area contributed by atoms with Crippen molar-refractivity contribution < 1.29 is 14.7 Å². The molecule has 0 saturated carbocycles. The summed E-state index contributed by atoms with van der Waals surface area (Å²) in [6.45, 7) is 5.73. The molecule has 4 N–H and O–H groups in total. The summed E-state index contributed by atoms with van der Waals surface area (Å²) >= 11 is 0. The average molecular weight is 174 g/mol. The lowest BCUT2D eigenvalue weighted by Gasteiger charge is -1.90. The fourth-order valence-electron chi connectivity index (χ4n) is 0.232. The maximum atomic E-state index is 9.70. The number of carbonyl (C=O) groups is 2. The van der Waals surface area contributed by atoms with E-state index in [4.69, 9.17) is 5.11 Å². The van der Waals surface area contributed by atoms with Gasteiger partial charge in [-0.2, -0.15) is 0 Å². The number of hydrogen-bond acceptors (Lipinski definition) is 3. The highest BCUT2D eigenvalue weighted by Crippen LogP contribution is 1.56. The molecule has 0 spiro atoms. The monoisotopic (exact) mass is 174 g/mol. The third-order valence-electron chi connectivity index (χ3n) is 0.727. The van der Waals surface area contributed by atoms with Gasteiger partial charge in [-0.25, -0.2) is 0 Å². The summed E-state index contributed by atoms with van der Waals surface area (Å²) in [4.78, 5) is 19.2. The molecule has 0 aromatic carbocycles. The molecule has 5 heteroatoms. The second kappa shape index (κ2) is 9.64. The van der Waals surface area contributed by atoms with Crippen molar-refractivity contribution in [2.24, 2.45) is 5.73 Å². The molecule has 0 saturated heterocycles. The molecular formula is C7H14N2O3. The van der Waals surface area contributed by atoms with Gasteiger partial charge in [-0.3, -0.25) is 9.59 Å². The number of carboxylic acid groups (broad SMARTS) is 1. The van der Waals surface area contributed by atoms with E-state index in [9.17, 15) is 9.59 Å². The molecule has 0 aliphatic rings. The van der Waals surface area contributed by atoms with Crippen LogP contribution in [0.4, 0.5) is 0 Å². The Morgan fingerprint density at radius 1 is 1.67 bits per heavy atom. The molecule has 0 aromatic rings. The van der Waals surface area contributed by atoms with Crippen molar-refractivity contribution in [2.45, 2.75) is 6.92 Å². The second-order valence-electron chi connectivity index (χ2n) is 1.78. The highest BCUT2D eigenvalue weighted by molar-refractivity contribution is 5.84. The average Bonchev–Trinajstić information content (AvgIpc) is 2.02. The number of amides is 1. The van der Waals surface area contributed by atoms with Crippen LogP contribution in [0.25, 0.3) is 0 Å². The van der Waals surface area contributed by atoms with Gasteiger partial charge in [0.15, 0.2) is 0 Å². The highest BCUT2D eigenvalue weighted by Gasteiger charge is 1.88. The summed E-state index contributed by atoms with van der Waals surface area (Å²) in [7, 11) is 0. The van der Waals surface area contributed by atoms with Crippen molar-refractivity contribution >= 4 is 11.9 Å². The maximum absolute atomic E-state index is 9.70. The smallest absolute Gasteiger partial charge is 0.317 e. The van der Waals surface area contributed by atoms with Crippen LogP contribution in [0.1, 0.15) is 6.92 Å². The van der Waals surface area contributed by atoms with E-state index < -0.39 is 11.9 Å². The summed E-state index contributed by atoms with van der Waals surface area (Å²) < 4.78 is 0. The van der Waals surface area contributed by atoms with E-state index in [2.05, 4.69) is 17.6 Å². The first-order valence-corrected chi connectivity index (χ1v) is 3.39. The fraction of sp³-hybridized carbons (Fsp3) is 0.429. The van der Waals surface area contributed by atoms with Gasteiger partial charge in [-0.15, -0.1) is 0 Å². The van der Waals surface area contributed by atoms with Gasteiger partial charge in [-0.1, -0.05) is 13.5 Å². The molecule has 0 heterocycles. The molecule has 0 aliphatic carbocycles. The minimum absolute atomic E-state index is 0.0660. The lowest BCUT2D eigenvalue weighted by Crippen LogP contribution is -2.21. The van der Waals surface area contributed by atoms with Crippen LogP contribution in [0.2, 0.25) is 0 Å². The van der Waals surface area contributed by atoms with E-state index in [1.165, 1.54) is 0 Å². The van der Waals surface area contributed by atoms with Crippen LogP contribution in [0, 0.1) is 0 Å². The molecule has 0 fully saturated rings. The third kappa shape index (κ3) is 23.4. The Labute approximate surface area is 71.3 Å². The number of carbonyl (C=O) groups excluding carboxylic acids is 1. The maximum Gasteiger partial charge on any atom is 0.317 e. The molecule has 0 atom stereocenters. The Kier molecular flexibility index (Phi) is 10.6. The zero-order valence-corrected chi connectivity index (χ0v) is 7.04. The van der Waals surface area contributed by atoms with Crippen molar-refractivity contribution in [3.05, 3.63) is 12.7 Å². The lowest BCUT2D eigenvalue weighted by molar-refractivity contribution is -0.135. The molecule has 0 unspecified atom stereocenters. The van der Waals surface area contributed by atoms with Crippen LogP contribution in [-0.2, 0) is 9.59 Å². The van der Waals surface area contributed by atoms with E-state index in [1.807, 2.05) is 6.92 Å². The van der Waals surface area contributed by atoms with Gasteiger partial charge in [0.25, 0.3) is 0 Å². The number of primary amides is 1. The largest absolute Gasteiger partial charge is 0.480 e. The van der Waals surface area contributed by atoms with E-state index in [1.54, 1.807) is 0 Å². The van der Waals surface area contributed by atoms with Gasteiger partial charge in [0.05, 0.1) is 6.54 Å². The van der Waals surface area contributed by atoms with Crippen molar-refractivity contribution in [3.8, 4) is 0 Å². The van der Waals surface area contributed by atoms with Crippen molar-refractivity contribution in [1.29, 1.82) is 0 Å². The number of likely N-dealkylation sites (N-methyl/N-ethyl adjacent to an activating group) is 1. The van der Waals surface area contributed by atoms with E-state index in [0.717, 1.165) is 6.08 Å². The number of aliphatic carboxylic acids is 1. The standard InChI is InChI=1S/C4H9NO2.C3H5NO/c1-2-5-3-4(6)7;1-2-3(4)5/h5H,2-3H2,1H3,(H,6,7);2H,1H2,(H2,4,5). The summed E-state index contributed by atoms with van der Waals surface area (Å²) in [5, 5.41) is 10.6. The van der Waals surface area contributed by atoms with Crippen molar-refractivity contribution in [2.75, 3.05) is 13.1 Å². The van der Waals surface area contributed by atoms with Gasteiger partial charge in [0.1, 0.15) is 0 Å². The molecule has 70 valence electrons. The summed E-state index contributed by atoms with van der Waals surface area (Å²) in [5.74, 6) is -1.29. The molecule has 0 aromatic heterocycles. The molecule has 5 nitrogen and oxygen atoms in total. The van der Waals surface area contributed by atoms with Gasteiger partial charge in [0.2, 0.25) is 5.91 Å². The van der Waals surface area contributed by atoms with E-state index in [-0.39, 0.29) is 6.54 Å². The Morgan fingerprint density at radius 3 is 2.17 bits per heavy atom. The fourth-order valence-corrected chi connectivity index (χ4v) is 0.232. The summed E-state index contributed by atoms with van der Waals surface area (Å²) in [5.41, 5.74) is 4.53. The van der Waals surface area contributed by atoms with Crippen LogP contribution in [0.5, 0.6) is 0 Å². The zero-order valence-electron chi connectivity index (χ0n) is 7.04. The minimum Gasteiger partial charge on any atom is -0.480 e. The topological polar surface area (TPSA) is 92.4 Å². The van der Waals surface area contributed by atoms with Gasteiger partial charge in [-0.05, 0) is 12.6 Å². The first-order chi connectivity index (χ1) is 5.54. The van der Waals surface area contributed by atoms with E-state index in [0.29, 0.717) is 6.54 Å². The second-order valence-corrected chi connectivity index (χ2v) is 1.78. The van der Waals surface area contributed by atoms with E-state index >= 15 is 0 Å². The molecule has 12 heavy (non-hydrogen) atoms. The molecule has 1 amide bonds. The van der Waals surface area contributed by atoms with Crippen molar-refractivity contribution in [3.63, 3.8) is 0 Å². The predicted octanol–water partition coefficient (Wildman–Crippen LogP) is -0.662. The van der Waals surface area contributed by atoms with Gasteiger partial charge < -0.3 is 16.2 Å². The number of nitrogens with one attached hydrogen (secondary N) is 1. The SMILES string of the molecule is C=CC(N)=O.CCNCC(=O)O. The third-order valence-corrected chi connectivity index (χ3v) is 0.727. The Hall–Kier alpha value is -1.36. The van der Waals surface area contributed by atoms with Crippen molar-refractivity contribution in [1.82, 2.24) is 5.32 Å². The highest BCUT2D eigenvalue weighted by atomic mass is 16.4. The number of hydrogen-bond donors (Lipinski definition) is 3. The Morgan fingerprint density at radius 2 is 2.08 bits per heavy atom. The first-order valence-electron chi connectivity index (χ1n) is 3.39. The first kappa shape index (κ1) is 13.2. The molecular weight excluding hydrogens is 160 g/mol. The normalized spacial score (nSPS) is 7.75. The van der Waals surface area contributed by atoms with Crippen LogP contribution in [-0.4, -0.2) is 30.1 Å². The molecule has 0 aliphatic heterocycles. The lowest BCUT2D eigenvalue weighted by atomic mass is 10.6. The van der Waals surface area contributed by atoms with Gasteiger partial charge >= 0.3 is 5.97 Å². The molecule has 0 bridgehead atoms. The van der Waals surface area contributed by atoms with Gasteiger partial charge in [0, 0.05) is 0 Å². The van der Waals surface area contributed by atoms with Crippen LogP contribution < -0.4 is 11.1 Å².